The van der Waals surface area contributed by atoms with Gasteiger partial charge >= 0.3 is 5.97 Å². The van der Waals surface area contributed by atoms with Crippen molar-refractivity contribution in [3.63, 3.8) is 0 Å². The molecule has 6 nitrogen and oxygen atoms in total. The number of esters is 1. The van der Waals surface area contributed by atoms with Crippen LogP contribution < -0.4 is 4.90 Å². The number of hydrogen-bond acceptors (Lipinski definition) is 6. The average molecular weight is 278 g/mol. The second-order valence-electron chi connectivity index (χ2n) is 4.79. The number of aromatic nitrogens is 2. The monoisotopic (exact) mass is 278 g/mol. The summed E-state index contributed by atoms with van der Waals surface area (Å²) in [6.45, 7) is 7.09. The maximum absolute atomic E-state index is 11.3. The maximum Gasteiger partial charge on any atom is 0.305 e. The Morgan fingerprint density at radius 3 is 2.60 bits per heavy atom. The van der Waals surface area contributed by atoms with E-state index in [-0.39, 0.29) is 5.97 Å². The number of ether oxygens (including phenoxy) is 1. The van der Waals surface area contributed by atoms with Gasteiger partial charge in [-0.2, -0.15) is 0 Å². The largest absolute Gasteiger partial charge is 0.466 e. The minimum absolute atomic E-state index is 0.0937. The number of anilines is 1. The van der Waals surface area contributed by atoms with E-state index < -0.39 is 0 Å². The summed E-state index contributed by atoms with van der Waals surface area (Å²) in [7, 11) is 0. The molecule has 0 atom stereocenters. The third-order valence-corrected chi connectivity index (χ3v) is 3.37. The highest BCUT2D eigenvalue weighted by molar-refractivity contribution is 5.69. The molecule has 0 aliphatic carbocycles. The molecule has 1 aromatic heterocycles. The summed E-state index contributed by atoms with van der Waals surface area (Å²) >= 11 is 0. The summed E-state index contributed by atoms with van der Waals surface area (Å²) in [5.41, 5.74) is 0. The molecule has 0 radical (unpaired) electrons. The normalized spacial score (nSPS) is 16.1. The number of carbonyl (C=O) groups is 1. The smallest absolute Gasteiger partial charge is 0.305 e. The highest BCUT2D eigenvalue weighted by atomic mass is 16.5. The van der Waals surface area contributed by atoms with Gasteiger partial charge in [0.1, 0.15) is 0 Å². The van der Waals surface area contributed by atoms with Gasteiger partial charge in [0.15, 0.2) is 0 Å². The van der Waals surface area contributed by atoms with E-state index in [1.54, 1.807) is 12.4 Å². The standard InChI is InChI=1S/C14H22N4O2/c1-2-20-13(19)5-3-8-17-9-11-18(12-10-17)14-15-6-4-7-16-14/h4,6-7H,2-3,5,8-12H2,1H3. The first-order valence-corrected chi connectivity index (χ1v) is 7.19. The number of carbonyl (C=O) groups excluding carboxylic acids is 1. The minimum Gasteiger partial charge on any atom is -0.466 e. The number of hydrogen-bond donors (Lipinski definition) is 0. The number of nitrogens with zero attached hydrogens (tertiary/aromatic N) is 4. The van der Waals surface area contributed by atoms with Crippen LogP contribution in [0.4, 0.5) is 5.95 Å². The summed E-state index contributed by atoms with van der Waals surface area (Å²) in [6.07, 6.45) is 4.92. The van der Waals surface area contributed by atoms with Crippen LogP contribution in [0.3, 0.4) is 0 Å². The SMILES string of the molecule is CCOC(=O)CCCN1CCN(c2ncccn2)CC1. The Bertz CT molecular complexity index is 405. The van der Waals surface area contributed by atoms with Crippen molar-refractivity contribution in [3.05, 3.63) is 18.5 Å². The predicted octanol–water partition coefficient (Wildman–Crippen LogP) is 0.942. The van der Waals surface area contributed by atoms with E-state index in [1.807, 2.05) is 13.0 Å². The lowest BCUT2D eigenvalue weighted by molar-refractivity contribution is -0.143. The van der Waals surface area contributed by atoms with Crippen LogP contribution in [0.5, 0.6) is 0 Å². The third kappa shape index (κ3) is 4.45. The van der Waals surface area contributed by atoms with E-state index in [4.69, 9.17) is 4.74 Å². The molecular formula is C14H22N4O2. The fourth-order valence-corrected chi connectivity index (χ4v) is 2.31. The first-order valence-electron chi connectivity index (χ1n) is 7.19. The summed E-state index contributed by atoms with van der Waals surface area (Å²) in [6, 6.07) is 1.83. The topological polar surface area (TPSA) is 58.6 Å². The molecule has 0 aromatic carbocycles. The summed E-state index contributed by atoms with van der Waals surface area (Å²) < 4.78 is 4.92. The van der Waals surface area contributed by atoms with Crippen molar-refractivity contribution in [1.82, 2.24) is 14.9 Å². The molecule has 110 valence electrons. The summed E-state index contributed by atoms with van der Waals surface area (Å²) in [5, 5.41) is 0. The van der Waals surface area contributed by atoms with Gasteiger partial charge in [-0.25, -0.2) is 9.97 Å². The Balaban J connectivity index is 1.66. The van der Waals surface area contributed by atoms with Crippen LogP contribution in [-0.2, 0) is 9.53 Å². The van der Waals surface area contributed by atoms with Crippen LogP contribution in [0.15, 0.2) is 18.5 Å². The van der Waals surface area contributed by atoms with E-state index in [1.165, 1.54) is 0 Å². The van der Waals surface area contributed by atoms with E-state index >= 15 is 0 Å². The van der Waals surface area contributed by atoms with Gasteiger partial charge < -0.3 is 9.64 Å². The fourth-order valence-electron chi connectivity index (χ4n) is 2.31. The Morgan fingerprint density at radius 2 is 1.95 bits per heavy atom. The van der Waals surface area contributed by atoms with Gasteiger partial charge in [-0.05, 0) is 26.0 Å². The van der Waals surface area contributed by atoms with Gasteiger partial charge in [-0.3, -0.25) is 9.69 Å². The van der Waals surface area contributed by atoms with Crippen molar-refractivity contribution >= 4 is 11.9 Å². The molecule has 0 N–H and O–H groups in total. The molecule has 1 aromatic rings. The molecule has 20 heavy (non-hydrogen) atoms. The highest BCUT2D eigenvalue weighted by Gasteiger charge is 2.18. The first kappa shape index (κ1) is 14.7. The van der Waals surface area contributed by atoms with Gasteiger partial charge in [0.05, 0.1) is 6.61 Å². The Morgan fingerprint density at radius 1 is 1.25 bits per heavy atom. The van der Waals surface area contributed by atoms with Crippen LogP contribution >= 0.6 is 0 Å². The van der Waals surface area contributed by atoms with Crippen LogP contribution in [-0.4, -0.2) is 60.2 Å². The molecule has 0 unspecified atom stereocenters. The molecule has 2 rings (SSSR count). The van der Waals surface area contributed by atoms with Crippen molar-refractivity contribution in [1.29, 1.82) is 0 Å². The quantitative estimate of drug-likeness (QED) is 0.722. The molecule has 1 saturated heterocycles. The lowest BCUT2D eigenvalue weighted by atomic mass is 10.2. The second-order valence-corrected chi connectivity index (χ2v) is 4.79. The Hall–Kier alpha value is -1.69. The zero-order chi connectivity index (χ0) is 14.2. The van der Waals surface area contributed by atoms with E-state index in [0.29, 0.717) is 13.0 Å². The van der Waals surface area contributed by atoms with Gasteiger partial charge in [0.25, 0.3) is 0 Å². The molecule has 2 heterocycles. The molecule has 0 spiro atoms. The molecule has 1 fully saturated rings. The zero-order valence-corrected chi connectivity index (χ0v) is 12.0. The Labute approximate surface area is 119 Å². The van der Waals surface area contributed by atoms with Crippen molar-refractivity contribution in [2.75, 3.05) is 44.2 Å². The van der Waals surface area contributed by atoms with Crippen molar-refractivity contribution in [3.8, 4) is 0 Å². The number of rotatable bonds is 6. The Kier molecular flexibility index (Phi) is 5.73. The van der Waals surface area contributed by atoms with Gasteiger partial charge in [0, 0.05) is 45.0 Å². The van der Waals surface area contributed by atoms with Crippen molar-refractivity contribution < 1.29 is 9.53 Å². The van der Waals surface area contributed by atoms with Crippen LogP contribution in [0.1, 0.15) is 19.8 Å². The van der Waals surface area contributed by atoms with E-state index in [2.05, 4.69) is 19.8 Å². The molecule has 1 aliphatic rings. The third-order valence-electron chi connectivity index (χ3n) is 3.37. The van der Waals surface area contributed by atoms with Crippen LogP contribution in [0.2, 0.25) is 0 Å². The molecule has 1 aliphatic heterocycles. The molecular weight excluding hydrogens is 256 g/mol. The van der Waals surface area contributed by atoms with Crippen molar-refractivity contribution in [2.45, 2.75) is 19.8 Å². The predicted molar refractivity (Wildman–Crippen MR) is 76.6 cm³/mol. The minimum atomic E-state index is -0.0937. The van der Waals surface area contributed by atoms with Crippen LogP contribution in [0.25, 0.3) is 0 Å². The molecule has 0 bridgehead atoms. The number of piperazine rings is 1. The summed E-state index contributed by atoms with van der Waals surface area (Å²) in [5.74, 6) is 0.711. The fraction of sp³-hybridized carbons (Fsp3) is 0.643. The second kappa shape index (κ2) is 7.79. The lowest BCUT2D eigenvalue weighted by Crippen LogP contribution is -2.47. The highest BCUT2D eigenvalue weighted by Crippen LogP contribution is 2.10. The van der Waals surface area contributed by atoms with E-state index in [0.717, 1.165) is 45.1 Å². The molecule has 0 saturated carbocycles. The van der Waals surface area contributed by atoms with Gasteiger partial charge in [0.2, 0.25) is 5.95 Å². The van der Waals surface area contributed by atoms with E-state index in [9.17, 15) is 4.79 Å². The van der Waals surface area contributed by atoms with Gasteiger partial charge in [-0.1, -0.05) is 0 Å². The van der Waals surface area contributed by atoms with Gasteiger partial charge in [-0.15, -0.1) is 0 Å². The van der Waals surface area contributed by atoms with Crippen molar-refractivity contribution in [2.24, 2.45) is 0 Å². The average Bonchev–Trinajstić information content (AvgIpc) is 2.49. The molecule has 6 heteroatoms. The summed E-state index contributed by atoms with van der Waals surface area (Å²) in [4.78, 5) is 24.4. The lowest BCUT2D eigenvalue weighted by Gasteiger charge is -2.34. The maximum atomic E-state index is 11.3. The first-order chi connectivity index (χ1) is 9.79. The molecule has 0 amide bonds. The van der Waals surface area contributed by atoms with Crippen LogP contribution in [0, 0.1) is 0 Å². The zero-order valence-electron chi connectivity index (χ0n) is 12.0.